The average molecular weight is 571 g/mol. The normalized spacial score (nSPS) is 11.1. The summed E-state index contributed by atoms with van der Waals surface area (Å²) >= 11 is 1.02. The number of ether oxygens (including phenoxy) is 1. The summed E-state index contributed by atoms with van der Waals surface area (Å²) in [5.41, 5.74) is -0.286. The molecule has 3 aromatic rings. The molecule has 0 aliphatic heterocycles. The van der Waals surface area contributed by atoms with E-state index in [1.54, 1.807) is 23.6 Å². The molecule has 0 saturated heterocycles. The molecule has 2 N–H and O–H groups in total. The number of nitrogens with zero attached hydrogens (tertiary/aromatic N) is 1. The highest BCUT2D eigenvalue weighted by Crippen LogP contribution is 2.29. The van der Waals surface area contributed by atoms with Crippen LogP contribution in [0.3, 0.4) is 0 Å². The highest BCUT2D eigenvalue weighted by molar-refractivity contribution is 7.14. The Kier molecular flexibility index (Phi) is 11.3. The number of carboxylic acids is 1. The quantitative estimate of drug-likeness (QED) is 0.101. The summed E-state index contributed by atoms with van der Waals surface area (Å²) in [6, 6.07) is 6.35. The van der Waals surface area contributed by atoms with Gasteiger partial charge in [0.05, 0.1) is 18.4 Å². The lowest BCUT2D eigenvalue weighted by Gasteiger charge is -2.07. The van der Waals surface area contributed by atoms with Crippen LogP contribution in [0.1, 0.15) is 73.4 Å². The van der Waals surface area contributed by atoms with E-state index in [1.807, 2.05) is 0 Å². The summed E-state index contributed by atoms with van der Waals surface area (Å²) in [6.07, 6.45) is 8.27. The minimum atomic E-state index is -1.51. The fraction of sp³-hybridized carbons (Fsp3) is 0.300. The van der Waals surface area contributed by atoms with Gasteiger partial charge in [-0.15, -0.1) is 11.3 Å². The third-order valence-corrected chi connectivity index (χ3v) is 6.68. The molecule has 210 valence electrons. The second kappa shape index (κ2) is 14.9. The summed E-state index contributed by atoms with van der Waals surface area (Å²) in [5.74, 6) is 0.0452. The number of hydrogen-bond acceptors (Lipinski definition) is 5. The molecule has 0 saturated carbocycles. The van der Waals surface area contributed by atoms with E-state index in [2.05, 4.69) is 33.8 Å². The van der Waals surface area contributed by atoms with Crippen LogP contribution in [0.15, 0.2) is 41.5 Å². The maximum atomic E-state index is 15.1. The van der Waals surface area contributed by atoms with Gasteiger partial charge < -0.3 is 9.84 Å². The number of halogens is 3. The number of methoxy groups -OCH3 is 1. The Balaban J connectivity index is 1.69. The first-order valence-electron chi connectivity index (χ1n) is 12.8. The van der Waals surface area contributed by atoms with E-state index in [0.717, 1.165) is 43.4 Å². The molecule has 0 radical (unpaired) electrons. The zero-order valence-corrected chi connectivity index (χ0v) is 23.0. The van der Waals surface area contributed by atoms with Gasteiger partial charge in [-0.05, 0) is 30.7 Å². The van der Waals surface area contributed by atoms with Crippen LogP contribution in [0.4, 0.5) is 18.3 Å². The SMILES string of the molecule is CCCCCCCCC#Cc1cccc(-c2csc(NC(=O)c3cc(F)c(C=C(OC)C(=O)O)c(F)c3)n2)c1F. The van der Waals surface area contributed by atoms with Gasteiger partial charge in [-0.25, -0.2) is 22.9 Å². The van der Waals surface area contributed by atoms with Crippen LogP contribution in [0.2, 0.25) is 0 Å². The van der Waals surface area contributed by atoms with Crippen LogP contribution >= 0.6 is 11.3 Å². The smallest absolute Gasteiger partial charge is 0.371 e. The van der Waals surface area contributed by atoms with E-state index >= 15 is 4.39 Å². The van der Waals surface area contributed by atoms with Gasteiger partial charge in [-0.2, -0.15) is 0 Å². The van der Waals surface area contributed by atoms with Crippen LogP contribution in [-0.2, 0) is 9.53 Å². The Morgan fingerprint density at radius 1 is 1.10 bits per heavy atom. The number of aromatic nitrogens is 1. The zero-order chi connectivity index (χ0) is 29.1. The van der Waals surface area contributed by atoms with Gasteiger partial charge in [-0.3, -0.25) is 10.1 Å². The van der Waals surface area contributed by atoms with Crippen molar-refractivity contribution in [2.45, 2.75) is 51.9 Å². The van der Waals surface area contributed by atoms with Crippen molar-refractivity contribution in [3.8, 4) is 23.1 Å². The molecule has 0 atom stereocenters. The first kappa shape index (κ1) is 30.4. The Labute approximate surface area is 234 Å². The molecule has 1 amide bonds. The van der Waals surface area contributed by atoms with Crippen LogP contribution in [0.25, 0.3) is 17.3 Å². The van der Waals surface area contributed by atoms with E-state index in [4.69, 9.17) is 5.11 Å². The summed E-state index contributed by atoms with van der Waals surface area (Å²) in [6.45, 7) is 2.17. The molecule has 10 heteroatoms. The van der Waals surface area contributed by atoms with Gasteiger partial charge in [0.1, 0.15) is 17.5 Å². The molecule has 0 aliphatic carbocycles. The zero-order valence-electron chi connectivity index (χ0n) is 22.2. The minimum absolute atomic E-state index is 0.0938. The first-order chi connectivity index (χ1) is 19.2. The third-order valence-electron chi connectivity index (χ3n) is 5.93. The number of aliphatic carboxylic acids is 1. The predicted octanol–water partition coefficient (Wildman–Crippen LogP) is 7.65. The number of hydrogen-bond donors (Lipinski definition) is 2. The molecule has 0 fully saturated rings. The summed E-state index contributed by atoms with van der Waals surface area (Å²) in [5, 5.41) is 13.1. The lowest BCUT2D eigenvalue weighted by molar-refractivity contribution is -0.135. The van der Waals surface area contributed by atoms with Crippen LogP contribution < -0.4 is 5.32 Å². The second-order valence-corrected chi connectivity index (χ2v) is 9.71. The van der Waals surface area contributed by atoms with E-state index in [9.17, 15) is 18.4 Å². The molecule has 3 rings (SSSR count). The number of carboxylic acid groups (broad SMARTS) is 1. The molecule has 0 spiro atoms. The van der Waals surface area contributed by atoms with Crippen molar-refractivity contribution in [1.82, 2.24) is 4.98 Å². The van der Waals surface area contributed by atoms with Gasteiger partial charge in [0.25, 0.3) is 5.91 Å². The van der Waals surface area contributed by atoms with E-state index in [0.29, 0.717) is 12.5 Å². The van der Waals surface area contributed by atoms with Crippen molar-refractivity contribution in [3.63, 3.8) is 0 Å². The average Bonchev–Trinajstić information content (AvgIpc) is 3.38. The molecular weight excluding hydrogens is 541 g/mol. The molecule has 6 nitrogen and oxygen atoms in total. The second-order valence-electron chi connectivity index (χ2n) is 8.85. The Bertz CT molecular complexity index is 1430. The number of anilines is 1. The summed E-state index contributed by atoms with van der Waals surface area (Å²) < 4.78 is 48.7. The number of rotatable bonds is 12. The lowest BCUT2D eigenvalue weighted by atomic mass is 10.1. The first-order valence-corrected chi connectivity index (χ1v) is 13.7. The maximum absolute atomic E-state index is 15.1. The molecule has 0 unspecified atom stereocenters. The fourth-order valence-corrected chi connectivity index (χ4v) is 4.50. The molecule has 0 bridgehead atoms. The molecular formula is C30H29F3N2O4S. The summed E-state index contributed by atoms with van der Waals surface area (Å²) in [4.78, 5) is 27.9. The van der Waals surface area contributed by atoms with E-state index in [1.165, 1.54) is 25.7 Å². The molecule has 1 aromatic heterocycles. The number of amides is 1. The van der Waals surface area contributed by atoms with Crippen LogP contribution in [0.5, 0.6) is 0 Å². The number of unbranched alkanes of at least 4 members (excludes halogenated alkanes) is 6. The van der Waals surface area contributed by atoms with Gasteiger partial charge >= 0.3 is 5.97 Å². The van der Waals surface area contributed by atoms with Crippen molar-refractivity contribution >= 4 is 34.4 Å². The van der Waals surface area contributed by atoms with E-state index < -0.39 is 40.7 Å². The number of thiazole rings is 1. The predicted molar refractivity (Wildman–Crippen MR) is 149 cm³/mol. The Morgan fingerprint density at radius 3 is 2.48 bits per heavy atom. The van der Waals surface area contributed by atoms with E-state index in [-0.39, 0.29) is 27.5 Å². The fourth-order valence-electron chi connectivity index (χ4n) is 3.79. The van der Waals surface area contributed by atoms with Crippen molar-refractivity contribution in [3.05, 3.63) is 75.6 Å². The number of benzene rings is 2. The number of carbonyl (C=O) groups is 2. The van der Waals surface area contributed by atoms with Crippen LogP contribution in [0, 0.1) is 29.3 Å². The Morgan fingerprint density at radius 2 is 1.80 bits per heavy atom. The van der Waals surface area contributed by atoms with Crippen LogP contribution in [-0.4, -0.2) is 29.1 Å². The highest BCUT2D eigenvalue weighted by Gasteiger charge is 2.19. The largest absolute Gasteiger partial charge is 0.490 e. The standard InChI is InChI=1S/C30H29F3N2O4S/c1-3-4-5-6-7-8-9-10-12-19-13-11-14-21(27(19)33)25-18-40-30(34-25)35-28(36)20-15-23(31)22(24(32)16-20)17-26(39-2)29(37)38/h11,13-18H,3-9H2,1-2H3,(H,37,38)(H,34,35,36). The monoisotopic (exact) mass is 570 g/mol. The maximum Gasteiger partial charge on any atom is 0.371 e. The van der Waals surface area contributed by atoms with Gasteiger partial charge in [0, 0.05) is 34.6 Å². The molecule has 40 heavy (non-hydrogen) atoms. The van der Waals surface area contributed by atoms with Crippen molar-refractivity contribution in [2.75, 3.05) is 12.4 Å². The van der Waals surface area contributed by atoms with Gasteiger partial charge in [-0.1, -0.05) is 56.9 Å². The van der Waals surface area contributed by atoms with Crippen molar-refractivity contribution in [2.24, 2.45) is 0 Å². The molecule has 2 aromatic carbocycles. The number of nitrogens with one attached hydrogen (secondary N) is 1. The molecule has 1 heterocycles. The third kappa shape index (κ3) is 8.20. The van der Waals surface area contributed by atoms with Gasteiger partial charge in [0.2, 0.25) is 5.76 Å². The topological polar surface area (TPSA) is 88.5 Å². The highest BCUT2D eigenvalue weighted by atomic mass is 32.1. The number of carbonyl (C=O) groups excluding carboxylic acids is 1. The lowest BCUT2D eigenvalue weighted by Crippen LogP contribution is -2.13. The van der Waals surface area contributed by atoms with Crippen molar-refractivity contribution < 1.29 is 32.6 Å². The minimum Gasteiger partial charge on any atom is -0.490 e. The van der Waals surface area contributed by atoms with Gasteiger partial charge in [0.15, 0.2) is 5.13 Å². The Hall–Kier alpha value is -4.10. The molecule has 0 aliphatic rings. The van der Waals surface area contributed by atoms with Crippen molar-refractivity contribution in [1.29, 1.82) is 0 Å². The summed E-state index contributed by atoms with van der Waals surface area (Å²) in [7, 11) is 1.05.